The standard InChI is InChI=1S/C26H33N5/c1-6-7-10-30-12-20(13-30)19-8-9-23-21(11-19)24(16(2)3)25(28-23)22-14-31-15-27-29-26(31)18(5)17(22)4/h8-9,11,14-16,20,28H,6-7,10,12-13H2,1-5H3. The lowest BCUT2D eigenvalue weighted by atomic mass is 9.88. The molecule has 5 nitrogen and oxygen atoms in total. The molecule has 5 heteroatoms. The molecule has 0 radical (unpaired) electrons. The van der Waals surface area contributed by atoms with Crippen molar-refractivity contribution in [2.24, 2.45) is 0 Å². The van der Waals surface area contributed by atoms with Crippen molar-refractivity contribution in [2.45, 2.75) is 59.3 Å². The third-order valence-corrected chi connectivity index (χ3v) is 7.11. The number of aryl methyl sites for hydroxylation is 1. The van der Waals surface area contributed by atoms with Gasteiger partial charge in [0.1, 0.15) is 6.33 Å². The lowest BCUT2D eigenvalue weighted by Gasteiger charge is -2.39. The SMILES string of the molecule is CCCCN1CC(c2ccc3[nH]c(-c4cn5cnnc5c(C)c4C)c(C(C)C)c3c2)C1. The van der Waals surface area contributed by atoms with Crippen LogP contribution in [0.1, 0.15) is 67.7 Å². The Labute approximate surface area is 184 Å². The number of rotatable bonds is 6. The number of H-pyrrole nitrogens is 1. The summed E-state index contributed by atoms with van der Waals surface area (Å²) in [6.45, 7) is 14.8. The Morgan fingerprint density at radius 1 is 1.16 bits per heavy atom. The van der Waals surface area contributed by atoms with Crippen LogP contribution in [-0.2, 0) is 0 Å². The van der Waals surface area contributed by atoms with Crippen molar-refractivity contribution in [2.75, 3.05) is 19.6 Å². The Balaban J connectivity index is 1.57. The van der Waals surface area contributed by atoms with Crippen LogP contribution in [0.25, 0.3) is 27.8 Å². The quantitative estimate of drug-likeness (QED) is 0.432. The number of likely N-dealkylation sites (tertiary alicyclic amines) is 1. The van der Waals surface area contributed by atoms with Gasteiger partial charge < -0.3 is 9.88 Å². The van der Waals surface area contributed by atoms with Crippen LogP contribution in [0.4, 0.5) is 0 Å². The zero-order valence-electron chi connectivity index (χ0n) is 19.4. The minimum atomic E-state index is 0.428. The second-order valence-electron chi connectivity index (χ2n) is 9.54. The molecule has 1 aliphatic heterocycles. The average Bonchev–Trinajstić information content (AvgIpc) is 3.33. The molecule has 1 N–H and O–H groups in total. The second-order valence-corrected chi connectivity index (χ2v) is 9.54. The summed E-state index contributed by atoms with van der Waals surface area (Å²) in [6.07, 6.45) is 6.55. The predicted molar refractivity (Wildman–Crippen MR) is 128 cm³/mol. The van der Waals surface area contributed by atoms with Gasteiger partial charge in [0.05, 0.1) is 5.69 Å². The number of hydrogen-bond acceptors (Lipinski definition) is 3. The van der Waals surface area contributed by atoms with Crippen molar-refractivity contribution in [1.82, 2.24) is 24.5 Å². The average molecular weight is 416 g/mol. The van der Waals surface area contributed by atoms with Crippen LogP contribution >= 0.6 is 0 Å². The fraction of sp³-hybridized carbons (Fsp3) is 0.462. The molecule has 0 saturated carbocycles. The summed E-state index contributed by atoms with van der Waals surface area (Å²) < 4.78 is 2.04. The van der Waals surface area contributed by atoms with Gasteiger partial charge >= 0.3 is 0 Å². The minimum absolute atomic E-state index is 0.428. The summed E-state index contributed by atoms with van der Waals surface area (Å²) in [4.78, 5) is 6.35. The van der Waals surface area contributed by atoms with Gasteiger partial charge in [0, 0.05) is 41.7 Å². The number of unbranched alkanes of at least 4 members (excludes halogenated alkanes) is 1. The molecule has 3 aromatic heterocycles. The van der Waals surface area contributed by atoms with Crippen LogP contribution in [0.15, 0.2) is 30.7 Å². The number of fused-ring (bicyclic) bond motifs is 2. The minimum Gasteiger partial charge on any atom is -0.354 e. The number of aromatic amines is 1. The van der Waals surface area contributed by atoms with Gasteiger partial charge in [-0.1, -0.05) is 33.3 Å². The maximum absolute atomic E-state index is 4.28. The van der Waals surface area contributed by atoms with Crippen LogP contribution in [0, 0.1) is 13.8 Å². The van der Waals surface area contributed by atoms with Crippen LogP contribution in [0.2, 0.25) is 0 Å². The molecule has 1 aliphatic rings. The van der Waals surface area contributed by atoms with E-state index in [-0.39, 0.29) is 0 Å². The fourth-order valence-corrected chi connectivity index (χ4v) is 5.10. The van der Waals surface area contributed by atoms with Gasteiger partial charge in [0.15, 0.2) is 5.65 Å². The van der Waals surface area contributed by atoms with Crippen molar-refractivity contribution in [3.8, 4) is 11.3 Å². The molecule has 0 aliphatic carbocycles. The summed E-state index contributed by atoms with van der Waals surface area (Å²) in [5.74, 6) is 1.09. The van der Waals surface area contributed by atoms with E-state index in [2.05, 4.69) is 79.1 Å². The maximum Gasteiger partial charge on any atom is 0.163 e. The Bertz CT molecular complexity index is 1240. The topological polar surface area (TPSA) is 49.2 Å². The monoisotopic (exact) mass is 415 g/mol. The van der Waals surface area contributed by atoms with Gasteiger partial charge in [-0.2, -0.15) is 0 Å². The highest BCUT2D eigenvalue weighted by atomic mass is 15.2. The summed E-state index contributed by atoms with van der Waals surface area (Å²) in [7, 11) is 0. The molecule has 1 fully saturated rings. The van der Waals surface area contributed by atoms with Crippen LogP contribution in [0.5, 0.6) is 0 Å². The normalized spacial score (nSPS) is 15.4. The Morgan fingerprint density at radius 2 is 1.97 bits per heavy atom. The second kappa shape index (κ2) is 7.79. The Morgan fingerprint density at radius 3 is 2.71 bits per heavy atom. The van der Waals surface area contributed by atoms with E-state index in [0.29, 0.717) is 11.8 Å². The number of benzene rings is 1. The van der Waals surface area contributed by atoms with E-state index in [4.69, 9.17) is 0 Å². The highest BCUT2D eigenvalue weighted by Gasteiger charge is 2.28. The number of aromatic nitrogens is 4. The highest BCUT2D eigenvalue weighted by molar-refractivity contribution is 5.92. The molecule has 31 heavy (non-hydrogen) atoms. The predicted octanol–water partition coefficient (Wildman–Crippen LogP) is 5.82. The molecule has 0 amide bonds. The fourth-order valence-electron chi connectivity index (χ4n) is 5.10. The van der Waals surface area contributed by atoms with E-state index in [1.54, 1.807) is 6.33 Å². The van der Waals surface area contributed by atoms with Crippen molar-refractivity contribution in [3.05, 3.63) is 53.0 Å². The van der Waals surface area contributed by atoms with E-state index in [1.807, 2.05) is 4.40 Å². The van der Waals surface area contributed by atoms with E-state index >= 15 is 0 Å². The summed E-state index contributed by atoms with van der Waals surface area (Å²) >= 11 is 0. The van der Waals surface area contributed by atoms with Crippen molar-refractivity contribution >= 4 is 16.6 Å². The van der Waals surface area contributed by atoms with Gasteiger partial charge in [-0.15, -0.1) is 10.2 Å². The number of nitrogens with one attached hydrogen (secondary N) is 1. The molecule has 0 spiro atoms. The molecule has 162 valence electrons. The molecule has 0 bridgehead atoms. The molecule has 5 rings (SSSR count). The number of nitrogens with zero attached hydrogens (tertiary/aromatic N) is 4. The zero-order valence-corrected chi connectivity index (χ0v) is 19.4. The van der Waals surface area contributed by atoms with Crippen molar-refractivity contribution < 1.29 is 0 Å². The van der Waals surface area contributed by atoms with E-state index in [0.717, 1.165) is 5.65 Å². The Hall–Kier alpha value is -2.66. The third kappa shape index (κ3) is 3.35. The number of hydrogen-bond donors (Lipinski definition) is 1. The first-order valence-electron chi connectivity index (χ1n) is 11.7. The molecule has 4 aromatic rings. The van der Waals surface area contributed by atoms with Gasteiger partial charge in [-0.25, -0.2) is 0 Å². The summed E-state index contributed by atoms with van der Waals surface area (Å²) in [6, 6.07) is 7.07. The smallest absolute Gasteiger partial charge is 0.163 e. The zero-order chi connectivity index (χ0) is 21.7. The lowest BCUT2D eigenvalue weighted by Crippen LogP contribution is -2.45. The van der Waals surface area contributed by atoms with E-state index in [9.17, 15) is 0 Å². The largest absolute Gasteiger partial charge is 0.354 e. The lowest BCUT2D eigenvalue weighted by molar-refractivity contribution is 0.146. The van der Waals surface area contributed by atoms with Gasteiger partial charge in [-0.3, -0.25) is 4.40 Å². The molecule has 1 saturated heterocycles. The molecule has 1 aromatic carbocycles. The molecule has 4 heterocycles. The first-order chi connectivity index (χ1) is 15.0. The van der Waals surface area contributed by atoms with Gasteiger partial charge in [0.2, 0.25) is 0 Å². The van der Waals surface area contributed by atoms with Crippen LogP contribution in [0.3, 0.4) is 0 Å². The van der Waals surface area contributed by atoms with E-state index < -0.39 is 0 Å². The Kier molecular flexibility index (Phi) is 5.09. The van der Waals surface area contributed by atoms with Crippen molar-refractivity contribution in [1.29, 1.82) is 0 Å². The molecular weight excluding hydrogens is 382 g/mol. The number of pyridine rings is 1. The molecule has 0 atom stereocenters. The van der Waals surface area contributed by atoms with Crippen LogP contribution < -0.4 is 0 Å². The highest BCUT2D eigenvalue weighted by Crippen LogP contribution is 2.39. The van der Waals surface area contributed by atoms with Gasteiger partial charge in [0.25, 0.3) is 0 Å². The summed E-state index contributed by atoms with van der Waals surface area (Å²) in [5.41, 5.74) is 9.97. The first kappa shape index (κ1) is 20.3. The van der Waals surface area contributed by atoms with E-state index in [1.165, 1.54) is 76.9 Å². The first-order valence-corrected chi connectivity index (χ1v) is 11.7. The van der Waals surface area contributed by atoms with Gasteiger partial charge in [-0.05, 0) is 67.1 Å². The van der Waals surface area contributed by atoms with Crippen molar-refractivity contribution in [3.63, 3.8) is 0 Å². The maximum atomic E-state index is 4.28. The van der Waals surface area contributed by atoms with Crippen LogP contribution in [-0.4, -0.2) is 44.1 Å². The summed E-state index contributed by atoms with van der Waals surface area (Å²) in [5, 5.41) is 9.76. The third-order valence-electron chi connectivity index (χ3n) is 7.11. The molecule has 0 unspecified atom stereocenters. The molecular formula is C26H33N5.